The van der Waals surface area contributed by atoms with Crippen LogP contribution in [-0.4, -0.2) is 71.1 Å². The van der Waals surface area contributed by atoms with E-state index in [2.05, 4.69) is 17.4 Å². The molecule has 6 nitrogen and oxygen atoms in total. The van der Waals surface area contributed by atoms with Gasteiger partial charge in [0.05, 0.1) is 0 Å². The van der Waals surface area contributed by atoms with E-state index in [-0.39, 0.29) is 11.8 Å². The number of rotatable bonds is 3. The second-order valence-electron chi connectivity index (χ2n) is 8.95. The van der Waals surface area contributed by atoms with E-state index in [1.807, 2.05) is 17.0 Å². The van der Waals surface area contributed by atoms with Crippen molar-refractivity contribution in [3.8, 4) is 0 Å². The van der Waals surface area contributed by atoms with Gasteiger partial charge in [0.25, 0.3) is 11.8 Å². The molecule has 2 aliphatic carbocycles. The molecule has 1 aromatic rings. The summed E-state index contributed by atoms with van der Waals surface area (Å²) in [5.74, 6) is 1.25. The fraction of sp³-hybridized carbons (Fsp3) is 0.636. The van der Waals surface area contributed by atoms with Crippen LogP contribution in [0.3, 0.4) is 0 Å². The minimum absolute atomic E-state index is 0.0343. The molecule has 2 aliphatic heterocycles. The molecule has 2 N–H and O–H groups in total. The van der Waals surface area contributed by atoms with Crippen LogP contribution in [0.4, 0.5) is 0 Å². The summed E-state index contributed by atoms with van der Waals surface area (Å²) in [4.78, 5) is 28.6. The normalized spacial score (nSPS) is 31.0. The van der Waals surface area contributed by atoms with Crippen LogP contribution in [0.5, 0.6) is 0 Å². The Labute approximate surface area is 165 Å². The molecule has 2 saturated carbocycles. The van der Waals surface area contributed by atoms with Crippen molar-refractivity contribution in [2.75, 3.05) is 32.7 Å². The zero-order valence-electron chi connectivity index (χ0n) is 16.3. The number of nitrogens with zero attached hydrogens (tertiary/aromatic N) is 2. The summed E-state index contributed by atoms with van der Waals surface area (Å²) >= 11 is 0. The Kier molecular flexibility index (Phi) is 4.43. The molecule has 1 aromatic carbocycles. The third-order valence-corrected chi connectivity index (χ3v) is 7.25. The molecule has 28 heavy (non-hydrogen) atoms. The van der Waals surface area contributed by atoms with Gasteiger partial charge in [-0.2, -0.15) is 0 Å². The highest BCUT2D eigenvalue weighted by molar-refractivity contribution is 5.94. The number of nitrogens with one attached hydrogen (secondary N) is 1. The van der Waals surface area contributed by atoms with Crippen molar-refractivity contribution < 1.29 is 14.7 Å². The summed E-state index contributed by atoms with van der Waals surface area (Å²) in [6, 6.07) is 8.79. The van der Waals surface area contributed by atoms with E-state index in [1.165, 1.54) is 24.8 Å². The number of carbonyl (C=O) groups excluding carboxylic acids is 2. The van der Waals surface area contributed by atoms with Gasteiger partial charge in [-0.3, -0.25) is 9.59 Å². The molecule has 0 aromatic heterocycles. The monoisotopic (exact) mass is 383 g/mol. The quantitative estimate of drug-likeness (QED) is 0.827. The number of piperazine rings is 1. The fourth-order valence-electron chi connectivity index (χ4n) is 5.32. The SMILES string of the molecule is O=C(c1ccc(C2CCC3CCNC32)cc1)N1CCN(C(=O)C2(O)CC2)CC1. The summed E-state index contributed by atoms with van der Waals surface area (Å²) < 4.78 is 0. The minimum Gasteiger partial charge on any atom is -0.380 e. The predicted octanol–water partition coefficient (Wildman–Crippen LogP) is 1.35. The van der Waals surface area contributed by atoms with Crippen LogP contribution in [-0.2, 0) is 4.79 Å². The summed E-state index contributed by atoms with van der Waals surface area (Å²) in [6.45, 7) is 3.19. The molecule has 2 amide bonds. The van der Waals surface area contributed by atoms with Crippen LogP contribution >= 0.6 is 0 Å². The molecule has 2 saturated heterocycles. The standard InChI is InChI=1S/C22H29N3O3/c26-20(24-11-13-25(14-12-24)21(27)22(28)8-9-22)17-3-1-15(2-4-17)18-6-5-16-7-10-23-19(16)18/h1-4,16,18-19,23,28H,5-14H2. The lowest BCUT2D eigenvalue weighted by atomic mass is 9.91. The topological polar surface area (TPSA) is 72.9 Å². The largest absolute Gasteiger partial charge is 0.380 e. The van der Waals surface area contributed by atoms with Crippen molar-refractivity contribution in [1.82, 2.24) is 15.1 Å². The van der Waals surface area contributed by atoms with Gasteiger partial charge in [-0.1, -0.05) is 12.1 Å². The first-order valence-electron chi connectivity index (χ1n) is 10.7. The van der Waals surface area contributed by atoms with Gasteiger partial charge in [-0.15, -0.1) is 0 Å². The number of fused-ring (bicyclic) bond motifs is 1. The molecule has 150 valence electrons. The van der Waals surface area contributed by atoms with E-state index in [1.54, 1.807) is 4.90 Å². The average Bonchev–Trinajstić information content (AvgIpc) is 3.14. The van der Waals surface area contributed by atoms with Crippen molar-refractivity contribution in [2.24, 2.45) is 5.92 Å². The highest BCUT2D eigenvalue weighted by atomic mass is 16.3. The van der Waals surface area contributed by atoms with E-state index in [4.69, 9.17) is 0 Å². The van der Waals surface area contributed by atoms with Gasteiger partial charge < -0.3 is 20.2 Å². The second-order valence-corrected chi connectivity index (χ2v) is 8.95. The minimum atomic E-state index is -1.12. The Morgan fingerprint density at radius 2 is 1.64 bits per heavy atom. The maximum atomic E-state index is 12.9. The number of aliphatic hydroxyl groups is 1. The van der Waals surface area contributed by atoms with Gasteiger partial charge in [0.2, 0.25) is 0 Å². The van der Waals surface area contributed by atoms with Crippen LogP contribution < -0.4 is 5.32 Å². The van der Waals surface area contributed by atoms with E-state index in [9.17, 15) is 14.7 Å². The molecule has 5 rings (SSSR count). The summed E-state index contributed by atoms with van der Waals surface area (Å²) in [7, 11) is 0. The number of benzene rings is 1. The maximum Gasteiger partial charge on any atom is 0.254 e. The van der Waals surface area contributed by atoms with E-state index in [0.717, 1.165) is 18.0 Å². The number of hydrogen-bond donors (Lipinski definition) is 2. The Morgan fingerprint density at radius 3 is 2.32 bits per heavy atom. The van der Waals surface area contributed by atoms with Crippen LogP contribution in [0.2, 0.25) is 0 Å². The van der Waals surface area contributed by atoms with Crippen molar-refractivity contribution in [3.05, 3.63) is 35.4 Å². The molecule has 4 aliphatic rings. The summed E-state index contributed by atoms with van der Waals surface area (Å²) in [5, 5.41) is 13.7. The van der Waals surface area contributed by atoms with Gasteiger partial charge in [0, 0.05) is 37.8 Å². The Balaban J connectivity index is 1.20. The van der Waals surface area contributed by atoms with Crippen LogP contribution in [0.1, 0.15) is 53.9 Å². The molecule has 0 spiro atoms. The molecule has 6 heteroatoms. The molecule has 0 bridgehead atoms. The van der Waals surface area contributed by atoms with Crippen LogP contribution in [0, 0.1) is 5.92 Å². The zero-order chi connectivity index (χ0) is 19.3. The highest BCUT2D eigenvalue weighted by Crippen LogP contribution is 2.42. The van der Waals surface area contributed by atoms with Gasteiger partial charge in [-0.05, 0) is 68.2 Å². The van der Waals surface area contributed by atoms with E-state index in [0.29, 0.717) is 51.0 Å². The first-order valence-corrected chi connectivity index (χ1v) is 10.7. The first kappa shape index (κ1) is 18.1. The Morgan fingerprint density at radius 1 is 0.964 bits per heavy atom. The van der Waals surface area contributed by atoms with Crippen LogP contribution in [0.25, 0.3) is 0 Å². The summed E-state index contributed by atoms with van der Waals surface area (Å²) in [6.07, 6.45) is 4.97. The van der Waals surface area contributed by atoms with Gasteiger partial charge in [0.1, 0.15) is 5.60 Å². The molecule has 3 atom stereocenters. The van der Waals surface area contributed by atoms with Crippen molar-refractivity contribution in [2.45, 2.75) is 49.7 Å². The van der Waals surface area contributed by atoms with Gasteiger partial charge >= 0.3 is 0 Å². The van der Waals surface area contributed by atoms with Crippen molar-refractivity contribution in [3.63, 3.8) is 0 Å². The second kappa shape index (κ2) is 6.85. The smallest absolute Gasteiger partial charge is 0.254 e. The molecule has 2 heterocycles. The summed E-state index contributed by atoms with van der Waals surface area (Å²) in [5.41, 5.74) is 0.944. The third-order valence-electron chi connectivity index (χ3n) is 7.25. The third kappa shape index (κ3) is 3.12. The lowest BCUT2D eigenvalue weighted by Gasteiger charge is -2.35. The van der Waals surface area contributed by atoms with Gasteiger partial charge in [0.15, 0.2) is 0 Å². The molecule has 0 radical (unpaired) electrons. The lowest BCUT2D eigenvalue weighted by molar-refractivity contribution is -0.143. The Hall–Kier alpha value is -1.92. The van der Waals surface area contributed by atoms with Crippen molar-refractivity contribution in [1.29, 1.82) is 0 Å². The van der Waals surface area contributed by atoms with E-state index < -0.39 is 5.60 Å². The zero-order valence-corrected chi connectivity index (χ0v) is 16.3. The molecule has 3 unspecified atom stereocenters. The Bertz CT molecular complexity index is 766. The van der Waals surface area contributed by atoms with E-state index >= 15 is 0 Å². The van der Waals surface area contributed by atoms with Crippen molar-refractivity contribution >= 4 is 11.8 Å². The number of hydrogen-bond acceptors (Lipinski definition) is 4. The highest BCUT2D eigenvalue weighted by Gasteiger charge is 2.50. The number of carbonyl (C=O) groups is 2. The fourth-order valence-corrected chi connectivity index (χ4v) is 5.32. The first-order chi connectivity index (χ1) is 13.5. The maximum absolute atomic E-state index is 12.9. The molecule has 4 fully saturated rings. The lowest BCUT2D eigenvalue weighted by Crippen LogP contribution is -2.53. The van der Waals surface area contributed by atoms with Gasteiger partial charge in [-0.25, -0.2) is 0 Å². The number of amides is 2. The predicted molar refractivity (Wildman–Crippen MR) is 105 cm³/mol. The molecular weight excluding hydrogens is 354 g/mol. The molecular formula is C22H29N3O3. The average molecular weight is 383 g/mol. The van der Waals surface area contributed by atoms with Crippen LogP contribution in [0.15, 0.2) is 24.3 Å².